The molecule has 88 heavy (non-hydrogen) atoms. The summed E-state index contributed by atoms with van der Waals surface area (Å²) in [5.74, 6) is 6.01. The summed E-state index contributed by atoms with van der Waals surface area (Å²) in [6.45, 7) is 66.1. The van der Waals surface area contributed by atoms with Crippen molar-refractivity contribution in [3.8, 4) is 0 Å². The third-order valence-electron chi connectivity index (χ3n) is 9.97. The van der Waals surface area contributed by atoms with E-state index in [0.717, 1.165) is 28.7 Å². The van der Waals surface area contributed by atoms with Crippen LogP contribution in [0, 0.1) is 0 Å². The molecule has 0 atom stereocenters. The van der Waals surface area contributed by atoms with Gasteiger partial charge in [-0.3, -0.25) is 24.9 Å². The van der Waals surface area contributed by atoms with Gasteiger partial charge in [-0.2, -0.15) is 0 Å². The van der Waals surface area contributed by atoms with E-state index in [-0.39, 0.29) is 0 Å². The van der Waals surface area contributed by atoms with Crippen LogP contribution in [0.15, 0.2) is 172 Å². The van der Waals surface area contributed by atoms with Crippen LogP contribution in [0.5, 0.6) is 0 Å². The smallest absolute Gasteiger partial charge is 0.134 e. The van der Waals surface area contributed by atoms with E-state index in [1.54, 1.807) is 49.7 Å². The molecule has 12 nitrogen and oxygen atoms in total. The highest BCUT2D eigenvalue weighted by atomic mass is 15.0. The maximum atomic E-state index is 4.18. The zero-order valence-electron chi connectivity index (χ0n) is 62.2. The molecular formula is C76H132N12. The van der Waals surface area contributed by atoms with Gasteiger partial charge < -0.3 is 0 Å². The molecule has 1 aromatic carbocycles. The summed E-state index contributed by atoms with van der Waals surface area (Å²) >= 11 is 0. The summed E-state index contributed by atoms with van der Waals surface area (Å²) < 4.78 is 0. The molecular weight excluding hydrogens is 1080 g/mol. The lowest BCUT2D eigenvalue weighted by Crippen LogP contribution is -1.95. The molecule has 12 heteroatoms. The maximum Gasteiger partial charge on any atom is 0.134 e. The van der Waals surface area contributed by atoms with Crippen LogP contribution in [-0.2, 0) is 0 Å². The predicted molar refractivity (Wildman–Crippen MR) is 389 cm³/mol. The average molecular weight is 1210 g/mol. The van der Waals surface area contributed by atoms with Gasteiger partial charge in [-0.1, -0.05) is 264 Å². The topological polar surface area (TPSA) is 155 Å². The molecule has 0 aliphatic rings. The monoisotopic (exact) mass is 1210 g/mol. The van der Waals surface area contributed by atoms with Crippen molar-refractivity contribution in [2.75, 3.05) is 0 Å². The number of hydrogen-bond donors (Lipinski definition) is 0. The van der Waals surface area contributed by atoms with Gasteiger partial charge in [0.2, 0.25) is 0 Å². The third-order valence-corrected chi connectivity index (χ3v) is 9.97. The van der Waals surface area contributed by atoms with Crippen molar-refractivity contribution < 1.29 is 0 Å². The minimum absolute atomic E-state index is 0.396. The first-order valence-corrected chi connectivity index (χ1v) is 33.1. The van der Waals surface area contributed by atoms with Crippen LogP contribution in [0.25, 0.3) is 0 Å². The molecule has 8 rings (SSSR count). The molecule has 0 radical (unpaired) electrons. The normalized spacial score (nSPS) is 8.82. The molecule has 0 aliphatic heterocycles. The fraction of sp³-hybridized carbons (Fsp3) is 0.526. The molecule has 0 bridgehead atoms. The predicted octanol–water partition coefficient (Wildman–Crippen LogP) is 23.4. The van der Waals surface area contributed by atoms with E-state index < -0.39 is 0 Å². The van der Waals surface area contributed by atoms with Crippen molar-refractivity contribution in [3.05, 3.63) is 217 Å². The Bertz CT molecular complexity index is 1870. The molecule has 0 amide bonds. The zero-order valence-corrected chi connectivity index (χ0v) is 62.2. The lowest BCUT2D eigenvalue weighted by Gasteiger charge is -2.01. The first kappa shape index (κ1) is 97.2. The van der Waals surface area contributed by atoms with Gasteiger partial charge in [-0.05, 0) is 94.7 Å². The standard InChI is InChI=1S/C9H12.3C8H11N.3C7H10N2.C6H9N3.8C2H6/c1-8(2)9-6-4-3-5-7-9;1-7(2)8-3-5-9-6-4-8;1-7(2)8-4-3-5-9-6-8;1-7(2)8-5-3-4-6-9-8;1-6(2)7-5-8-3-4-9-7;1-6(2)7-3-4-8-5-9-7;1-6(2)7-8-4-3-5-9-7;1-5(2)6-8-3-7-4-9-6;8*1-2/h3-8H,1-2H3;3*3-7H,1-2H3;3*3-6H,1-2H3;3-5H,1-2H3;8*1-2H3. The molecule has 0 spiro atoms. The third kappa shape index (κ3) is 60.6. The van der Waals surface area contributed by atoms with E-state index in [1.807, 2.05) is 190 Å². The van der Waals surface area contributed by atoms with E-state index in [0.29, 0.717) is 47.3 Å². The second kappa shape index (κ2) is 76.0. The Morgan fingerprint density at radius 3 is 0.852 bits per heavy atom. The second-order valence-electron chi connectivity index (χ2n) is 18.8. The summed E-state index contributed by atoms with van der Waals surface area (Å²) in [5, 5.41) is 0. The molecule has 0 N–H and O–H groups in total. The van der Waals surface area contributed by atoms with Gasteiger partial charge in [0.15, 0.2) is 0 Å². The molecule has 496 valence electrons. The van der Waals surface area contributed by atoms with Crippen molar-refractivity contribution in [2.45, 2.75) is 269 Å². The van der Waals surface area contributed by atoms with E-state index in [2.05, 4.69) is 201 Å². The molecule has 0 unspecified atom stereocenters. The SMILES string of the molecule is CC.CC.CC.CC.CC.CC.CC.CC.CC(C)c1ccccc1.CC(C)c1ccccn1.CC(C)c1cccnc1.CC(C)c1ccncc1.CC(C)c1ccncn1.CC(C)c1cnccn1.CC(C)c1ncccn1.CC(C)c1ncncn1. The van der Waals surface area contributed by atoms with Gasteiger partial charge in [0.05, 0.1) is 5.69 Å². The minimum atomic E-state index is 0.396. The molecule has 7 aromatic heterocycles. The Morgan fingerprint density at radius 2 is 0.580 bits per heavy atom. The van der Waals surface area contributed by atoms with Gasteiger partial charge in [0.25, 0.3) is 0 Å². The fourth-order valence-electron chi connectivity index (χ4n) is 5.43. The number of benzene rings is 1. The Balaban J connectivity index is -0.000000134. The van der Waals surface area contributed by atoms with Crippen LogP contribution >= 0.6 is 0 Å². The number of rotatable bonds is 8. The van der Waals surface area contributed by atoms with Gasteiger partial charge in [-0.15, -0.1) is 0 Å². The highest BCUT2D eigenvalue weighted by Gasteiger charge is 2.01. The van der Waals surface area contributed by atoms with E-state index in [1.165, 1.54) is 29.3 Å². The van der Waals surface area contributed by atoms with Gasteiger partial charge in [-0.25, -0.2) is 34.9 Å². The van der Waals surface area contributed by atoms with Crippen LogP contribution in [0.2, 0.25) is 0 Å². The Kier molecular flexibility index (Phi) is 84.0. The molecule has 0 saturated heterocycles. The summed E-state index contributed by atoms with van der Waals surface area (Å²) in [6, 6.07) is 28.4. The second-order valence-corrected chi connectivity index (χ2v) is 18.8. The number of nitrogens with zero attached hydrogens (tertiary/aromatic N) is 12. The van der Waals surface area contributed by atoms with Crippen LogP contribution in [0.3, 0.4) is 0 Å². The molecule has 0 aliphatic carbocycles. The Morgan fingerprint density at radius 1 is 0.205 bits per heavy atom. The Hall–Kier alpha value is -7.08. The van der Waals surface area contributed by atoms with Crippen LogP contribution in [0.1, 0.15) is 314 Å². The quantitative estimate of drug-likeness (QED) is 0.142. The van der Waals surface area contributed by atoms with Crippen LogP contribution in [-0.4, -0.2) is 59.8 Å². The first-order chi connectivity index (χ1) is 42.4. The number of aromatic nitrogens is 12. The average Bonchev–Trinajstić information content (AvgIpc) is 3.61. The first-order valence-electron chi connectivity index (χ1n) is 33.1. The lowest BCUT2D eigenvalue weighted by molar-refractivity contribution is 0.759. The largest absolute Gasteiger partial charge is 0.265 e. The van der Waals surface area contributed by atoms with E-state index >= 15 is 0 Å². The summed E-state index contributed by atoms with van der Waals surface area (Å²) in [6.07, 6.45) is 24.3. The van der Waals surface area contributed by atoms with Crippen molar-refractivity contribution in [2.24, 2.45) is 0 Å². The number of pyridine rings is 3. The van der Waals surface area contributed by atoms with Crippen LogP contribution < -0.4 is 0 Å². The van der Waals surface area contributed by atoms with Gasteiger partial charge in [0, 0.05) is 91.4 Å². The summed E-state index contributed by atoms with van der Waals surface area (Å²) in [4.78, 5) is 47.8. The van der Waals surface area contributed by atoms with Crippen LogP contribution in [0.4, 0.5) is 0 Å². The summed E-state index contributed by atoms with van der Waals surface area (Å²) in [5.41, 5.74) is 7.39. The summed E-state index contributed by atoms with van der Waals surface area (Å²) in [7, 11) is 0. The molecule has 8 aromatic rings. The zero-order chi connectivity index (χ0) is 69.5. The van der Waals surface area contributed by atoms with E-state index in [9.17, 15) is 0 Å². The van der Waals surface area contributed by atoms with Crippen molar-refractivity contribution in [3.63, 3.8) is 0 Å². The van der Waals surface area contributed by atoms with Gasteiger partial charge in [0.1, 0.15) is 30.6 Å². The highest BCUT2D eigenvalue weighted by Crippen LogP contribution is 2.14. The molecule has 0 fully saturated rings. The number of hydrogen-bond acceptors (Lipinski definition) is 12. The Labute approximate surface area is 543 Å². The maximum absolute atomic E-state index is 4.18. The van der Waals surface area contributed by atoms with Crippen molar-refractivity contribution >= 4 is 0 Å². The van der Waals surface area contributed by atoms with Gasteiger partial charge >= 0.3 is 0 Å². The molecule has 0 saturated carbocycles. The molecule has 7 heterocycles. The highest BCUT2D eigenvalue weighted by molar-refractivity contribution is 5.18. The lowest BCUT2D eigenvalue weighted by atomic mass is 10.0. The van der Waals surface area contributed by atoms with Crippen molar-refractivity contribution in [1.82, 2.24) is 59.8 Å². The fourth-order valence-corrected chi connectivity index (χ4v) is 5.43. The van der Waals surface area contributed by atoms with Crippen molar-refractivity contribution in [1.29, 1.82) is 0 Å². The minimum Gasteiger partial charge on any atom is -0.265 e. The van der Waals surface area contributed by atoms with E-state index in [4.69, 9.17) is 0 Å².